The van der Waals surface area contributed by atoms with Gasteiger partial charge in [0.2, 0.25) is 11.8 Å². The van der Waals surface area contributed by atoms with Gasteiger partial charge in [0.1, 0.15) is 5.75 Å². The van der Waals surface area contributed by atoms with E-state index in [4.69, 9.17) is 4.74 Å². The molecule has 0 aromatic heterocycles. The number of nitrogens with zero attached hydrogens (tertiary/aromatic N) is 1. The molecule has 2 heterocycles. The fourth-order valence-electron chi connectivity index (χ4n) is 4.85. The second-order valence-electron chi connectivity index (χ2n) is 7.81. The number of anilines is 1. The summed E-state index contributed by atoms with van der Waals surface area (Å²) in [6.45, 7) is 2.22. The first-order valence-corrected chi connectivity index (χ1v) is 9.58. The third-order valence-corrected chi connectivity index (χ3v) is 6.32. The van der Waals surface area contributed by atoms with E-state index in [1.165, 1.54) is 6.42 Å². The number of hydrogen-bond donors (Lipinski definition) is 2. The van der Waals surface area contributed by atoms with Crippen LogP contribution in [0, 0.1) is 11.3 Å². The van der Waals surface area contributed by atoms with E-state index in [1.54, 1.807) is 12.0 Å². The van der Waals surface area contributed by atoms with Crippen LogP contribution in [0.2, 0.25) is 0 Å². The number of methoxy groups -OCH3 is 1. The van der Waals surface area contributed by atoms with E-state index in [-0.39, 0.29) is 35.7 Å². The van der Waals surface area contributed by atoms with Crippen molar-refractivity contribution in [3.8, 4) is 5.75 Å². The molecule has 3 aliphatic rings. The van der Waals surface area contributed by atoms with Crippen LogP contribution in [0.5, 0.6) is 5.75 Å². The van der Waals surface area contributed by atoms with Crippen molar-refractivity contribution in [2.24, 2.45) is 11.3 Å². The summed E-state index contributed by atoms with van der Waals surface area (Å²) in [7, 11) is 1.61. The lowest BCUT2D eigenvalue weighted by molar-refractivity contribution is -0.134. The van der Waals surface area contributed by atoms with Crippen molar-refractivity contribution in [2.45, 2.75) is 38.1 Å². The fourth-order valence-corrected chi connectivity index (χ4v) is 4.85. The van der Waals surface area contributed by atoms with Gasteiger partial charge in [0.25, 0.3) is 0 Å². The van der Waals surface area contributed by atoms with E-state index in [0.717, 1.165) is 43.8 Å². The quantitative estimate of drug-likeness (QED) is 0.822. The number of benzene rings is 1. The Bertz CT molecular complexity index is 713. The highest BCUT2D eigenvalue weighted by Gasteiger charge is 2.50. The predicted molar refractivity (Wildman–Crippen MR) is 106 cm³/mol. The third-order valence-electron chi connectivity index (χ3n) is 6.32. The zero-order valence-corrected chi connectivity index (χ0v) is 16.5. The van der Waals surface area contributed by atoms with E-state index >= 15 is 0 Å². The molecule has 7 heteroatoms. The topological polar surface area (TPSA) is 70.7 Å². The Labute approximate surface area is 166 Å². The molecule has 1 aromatic carbocycles. The number of amides is 2. The van der Waals surface area contributed by atoms with Crippen molar-refractivity contribution in [3.05, 3.63) is 24.3 Å². The van der Waals surface area contributed by atoms with Gasteiger partial charge >= 0.3 is 0 Å². The number of fused-ring (bicyclic) bond motifs is 1. The molecule has 2 saturated heterocycles. The third kappa shape index (κ3) is 3.65. The van der Waals surface area contributed by atoms with Crippen LogP contribution in [0.1, 0.15) is 32.1 Å². The second-order valence-corrected chi connectivity index (χ2v) is 7.81. The largest absolute Gasteiger partial charge is 0.497 e. The van der Waals surface area contributed by atoms with Gasteiger partial charge in [-0.05, 0) is 37.4 Å². The van der Waals surface area contributed by atoms with Gasteiger partial charge in [-0.2, -0.15) is 0 Å². The van der Waals surface area contributed by atoms with Crippen molar-refractivity contribution in [3.63, 3.8) is 0 Å². The Morgan fingerprint density at radius 3 is 3.04 bits per heavy atom. The van der Waals surface area contributed by atoms with Crippen LogP contribution in [0.4, 0.5) is 5.69 Å². The molecule has 148 valence electrons. The molecule has 0 spiro atoms. The van der Waals surface area contributed by atoms with E-state index in [0.29, 0.717) is 18.9 Å². The summed E-state index contributed by atoms with van der Waals surface area (Å²) >= 11 is 0. The molecule has 1 aliphatic carbocycles. The standard InChI is InChI=1S/C20H27N3O3.ClH/c1-26-17-7-4-6-16(10-17)23-12-15(9-18(23)24)22-19(25)20-8-3-2-5-14(20)11-21-13-20;/h4,6-7,10,14-15,21H,2-3,5,8-9,11-13H2,1H3,(H,22,25);1H/t14-,15?,20+;/m0./s1. The Morgan fingerprint density at radius 2 is 2.22 bits per heavy atom. The van der Waals surface area contributed by atoms with Gasteiger partial charge in [0.15, 0.2) is 0 Å². The molecule has 2 N–H and O–H groups in total. The minimum absolute atomic E-state index is 0. The minimum atomic E-state index is -0.273. The van der Waals surface area contributed by atoms with Crippen LogP contribution in [0.3, 0.4) is 0 Å². The zero-order valence-electron chi connectivity index (χ0n) is 15.7. The maximum Gasteiger partial charge on any atom is 0.229 e. The highest BCUT2D eigenvalue weighted by atomic mass is 35.5. The molecule has 4 rings (SSSR count). The monoisotopic (exact) mass is 393 g/mol. The van der Waals surface area contributed by atoms with Crippen molar-refractivity contribution >= 4 is 29.9 Å². The van der Waals surface area contributed by atoms with Gasteiger partial charge in [-0.1, -0.05) is 18.9 Å². The smallest absolute Gasteiger partial charge is 0.229 e. The van der Waals surface area contributed by atoms with E-state index in [2.05, 4.69) is 10.6 Å². The highest BCUT2D eigenvalue weighted by Crippen LogP contribution is 2.44. The molecule has 1 unspecified atom stereocenters. The molecule has 3 atom stereocenters. The fraction of sp³-hybridized carbons (Fsp3) is 0.600. The van der Waals surface area contributed by atoms with Gasteiger partial charge < -0.3 is 20.3 Å². The van der Waals surface area contributed by atoms with Gasteiger partial charge in [-0.15, -0.1) is 12.4 Å². The lowest BCUT2D eigenvalue weighted by Gasteiger charge is -2.37. The molecule has 1 aromatic rings. The van der Waals surface area contributed by atoms with E-state index in [1.807, 2.05) is 24.3 Å². The molecular formula is C20H28ClN3O3. The zero-order chi connectivity index (χ0) is 18.1. The van der Waals surface area contributed by atoms with E-state index in [9.17, 15) is 9.59 Å². The summed E-state index contributed by atoms with van der Waals surface area (Å²) in [5, 5.41) is 6.61. The van der Waals surface area contributed by atoms with Crippen molar-refractivity contribution in [1.29, 1.82) is 0 Å². The summed E-state index contributed by atoms with van der Waals surface area (Å²) in [6.07, 6.45) is 4.77. The molecule has 27 heavy (non-hydrogen) atoms. The second kappa shape index (κ2) is 8.07. The number of rotatable bonds is 4. The summed E-state index contributed by atoms with van der Waals surface area (Å²) in [5.74, 6) is 1.34. The lowest BCUT2D eigenvalue weighted by atomic mass is 9.67. The molecule has 2 amide bonds. The molecular weight excluding hydrogens is 366 g/mol. The first-order chi connectivity index (χ1) is 12.6. The van der Waals surface area contributed by atoms with Gasteiger partial charge in [0, 0.05) is 31.3 Å². The average molecular weight is 394 g/mol. The van der Waals surface area contributed by atoms with Crippen LogP contribution in [0.25, 0.3) is 0 Å². The number of hydrogen-bond acceptors (Lipinski definition) is 4. The number of carbonyl (C=O) groups is 2. The SMILES string of the molecule is COc1cccc(N2CC(NC(=O)[C@@]34CCCC[C@H]3CNC4)CC2=O)c1.Cl. The average Bonchev–Trinajstić information content (AvgIpc) is 3.26. The molecule has 0 radical (unpaired) electrons. The first kappa shape index (κ1) is 20.0. The Hall–Kier alpha value is -1.79. The molecule has 1 saturated carbocycles. The van der Waals surface area contributed by atoms with Crippen LogP contribution in [-0.2, 0) is 9.59 Å². The van der Waals surface area contributed by atoms with Crippen LogP contribution in [-0.4, -0.2) is 44.6 Å². The predicted octanol–water partition coefficient (Wildman–Crippen LogP) is 2.12. The number of nitrogens with one attached hydrogen (secondary N) is 2. The highest BCUT2D eigenvalue weighted by molar-refractivity contribution is 5.97. The van der Waals surface area contributed by atoms with Gasteiger partial charge in [-0.25, -0.2) is 0 Å². The number of halogens is 1. The molecule has 2 aliphatic heterocycles. The Kier molecular flexibility index (Phi) is 5.96. The molecule has 0 bridgehead atoms. The normalized spacial score (nSPS) is 29.8. The molecule has 6 nitrogen and oxygen atoms in total. The summed E-state index contributed by atoms with van der Waals surface area (Å²) < 4.78 is 5.25. The maximum absolute atomic E-state index is 13.1. The van der Waals surface area contributed by atoms with Crippen molar-refractivity contribution < 1.29 is 14.3 Å². The van der Waals surface area contributed by atoms with Crippen LogP contribution >= 0.6 is 12.4 Å². The Morgan fingerprint density at radius 1 is 1.37 bits per heavy atom. The lowest BCUT2D eigenvalue weighted by Crippen LogP contribution is -2.51. The van der Waals surface area contributed by atoms with Crippen molar-refractivity contribution in [1.82, 2.24) is 10.6 Å². The summed E-state index contributed by atoms with van der Waals surface area (Å²) in [6, 6.07) is 7.38. The first-order valence-electron chi connectivity index (χ1n) is 9.58. The van der Waals surface area contributed by atoms with Crippen LogP contribution in [0.15, 0.2) is 24.3 Å². The van der Waals surface area contributed by atoms with E-state index < -0.39 is 0 Å². The maximum atomic E-state index is 13.1. The number of carbonyl (C=O) groups excluding carboxylic acids is 2. The van der Waals surface area contributed by atoms with Gasteiger partial charge in [-0.3, -0.25) is 9.59 Å². The Balaban J connectivity index is 0.00000210. The minimum Gasteiger partial charge on any atom is -0.497 e. The number of ether oxygens (including phenoxy) is 1. The van der Waals surface area contributed by atoms with Gasteiger partial charge in [0.05, 0.1) is 18.6 Å². The summed E-state index contributed by atoms with van der Waals surface area (Å²) in [4.78, 5) is 27.3. The molecule has 3 fully saturated rings. The van der Waals surface area contributed by atoms with Crippen molar-refractivity contribution in [2.75, 3.05) is 31.6 Å². The van der Waals surface area contributed by atoms with Crippen LogP contribution < -0.4 is 20.3 Å². The summed E-state index contributed by atoms with van der Waals surface area (Å²) in [5.41, 5.74) is 0.548.